The smallest absolute Gasteiger partial charge is 0.143 e. The number of hydrogen-bond acceptors (Lipinski definition) is 4. The van der Waals surface area contributed by atoms with Gasteiger partial charge in [0.2, 0.25) is 0 Å². The van der Waals surface area contributed by atoms with Crippen molar-refractivity contribution in [1.82, 2.24) is 4.98 Å². The van der Waals surface area contributed by atoms with E-state index >= 15 is 0 Å². The molecule has 5 heteroatoms. The minimum Gasteiger partial charge on any atom is -0.382 e. The fourth-order valence-corrected chi connectivity index (χ4v) is 1.72. The Kier molecular flexibility index (Phi) is 4.42. The molecule has 0 amide bonds. The summed E-state index contributed by atoms with van der Waals surface area (Å²) in [6, 6.07) is 3.79. The molecule has 0 aliphatic rings. The van der Waals surface area contributed by atoms with Crippen LogP contribution in [0, 0.1) is 5.41 Å². The van der Waals surface area contributed by atoms with Crippen molar-refractivity contribution in [3.05, 3.63) is 24.0 Å². The van der Waals surface area contributed by atoms with Crippen LogP contribution in [0.2, 0.25) is 0 Å². The molecule has 0 aromatic carbocycles. The van der Waals surface area contributed by atoms with E-state index in [0.29, 0.717) is 5.69 Å². The van der Waals surface area contributed by atoms with Gasteiger partial charge in [0.05, 0.1) is 5.69 Å². The van der Waals surface area contributed by atoms with E-state index in [2.05, 4.69) is 16.1 Å². The lowest BCUT2D eigenvalue weighted by Gasteiger charge is -2.20. The van der Waals surface area contributed by atoms with E-state index in [9.17, 15) is 0 Å². The lowest BCUT2D eigenvalue weighted by atomic mass is 10.2. The molecule has 0 bridgehead atoms. The van der Waals surface area contributed by atoms with Gasteiger partial charge >= 0.3 is 0 Å². The van der Waals surface area contributed by atoms with Gasteiger partial charge in [-0.15, -0.1) is 0 Å². The summed E-state index contributed by atoms with van der Waals surface area (Å²) in [6.45, 7) is 0.924. The van der Waals surface area contributed by atoms with Gasteiger partial charge in [-0.1, -0.05) is 0 Å². The van der Waals surface area contributed by atoms with E-state index in [-0.39, 0.29) is 5.84 Å². The van der Waals surface area contributed by atoms with E-state index in [1.54, 1.807) is 18.0 Å². The summed E-state index contributed by atoms with van der Waals surface area (Å²) in [5, 5.41) is 7.43. The van der Waals surface area contributed by atoms with Crippen LogP contribution in [0.5, 0.6) is 0 Å². The van der Waals surface area contributed by atoms with Crippen molar-refractivity contribution in [3.63, 3.8) is 0 Å². The Bertz CT molecular complexity index is 340. The zero-order chi connectivity index (χ0) is 11.3. The SMILES string of the molecule is CSCCN(C)c1cccnc1C(=N)N. The first-order chi connectivity index (χ1) is 7.16. The first kappa shape index (κ1) is 11.8. The predicted octanol–water partition coefficient (Wildman–Crippen LogP) is 1.16. The quantitative estimate of drug-likeness (QED) is 0.582. The van der Waals surface area contributed by atoms with Crippen molar-refractivity contribution in [1.29, 1.82) is 5.41 Å². The summed E-state index contributed by atoms with van der Waals surface area (Å²) in [4.78, 5) is 6.18. The van der Waals surface area contributed by atoms with Gasteiger partial charge in [-0.3, -0.25) is 10.4 Å². The highest BCUT2D eigenvalue weighted by Gasteiger charge is 2.09. The summed E-state index contributed by atoms with van der Waals surface area (Å²) >= 11 is 1.79. The third-order valence-corrected chi connectivity index (χ3v) is 2.67. The second-order valence-electron chi connectivity index (χ2n) is 3.20. The molecule has 0 fully saturated rings. The Labute approximate surface area is 94.4 Å². The number of aromatic nitrogens is 1. The monoisotopic (exact) mass is 224 g/mol. The fraction of sp³-hybridized carbons (Fsp3) is 0.400. The van der Waals surface area contributed by atoms with E-state index in [1.165, 1.54) is 0 Å². The minimum absolute atomic E-state index is 0.0154. The van der Waals surface area contributed by atoms with Crippen molar-refractivity contribution in [2.45, 2.75) is 0 Å². The lowest BCUT2D eigenvalue weighted by molar-refractivity contribution is 0.966. The Morgan fingerprint density at radius 1 is 1.67 bits per heavy atom. The number of hydrogen-bond donors (Lipinski definition) is 2. The van der Waals surface area contributed by atoms with Crippen LogP contribution in [0.15, 0.2) is 18.3 Å². The molecule has 0 atom stereocenters. The van der Waals surface area contributed by atoms with E-state index in [0.717, 1.165) is 18.0 Å². The number of amidine groups is 1. The third-order valence-electron chi connectivity index (χ3n) is 2.08. The molecule has 0 saturated heterocycles. The average Bonchev–Trinajstić information content (AvgIpc) is 2.25. The molecular weight excluding hydrogens is 208 g/mol. The van der Waals surface area contributed by atoms with Gasteiger partial charge in [0.25, 0.3) is 0 Å². The van der Waals surface area contributed by atoms with Crippen molar-refractivity contribution >= 4 is 23.3 Å². The normalized spacial score (nSPS) is 10.0. The summed E-state index contributed by atoms with van der Waals surface area (Å²) in [7, 11) is 1.99. The third kappa shape index (κ3) is 3.13. The minimum atomic E-state index is 0.0154. The standard InChI is InChI=1S/C10H16N4S/c1-14(6-7-15-2)8-4-3-5-13-9(8)10(11)12/h3-5H,6-7H2,1-2H3,(H3,11,12). The van der Waals surface area contributed by atoms with Crippen LogP contribution in [0.3, 0.4) is 0 Å². The van der Waals surface area contributed by atoms with Gasteiger partial charge in [-0.25, -0.2) is 0 Å². The Balaban J connectivity index is 2.87. The molecule has 1 heterocycles. The van der Waals surface area contributed by atoms with Crippen LogP contribution in [0.25, 0.3) is 0 Å². The Morgan fingerprint density at radius 2 is 2.40 bits per heavy atom. The number of anilines is 1. The number of nitrogens with zero attached hydrogens (tertiary/aromatic N) is 2. The molecule has 0 unspecified atom stereocenters. The van der Waals surface area contributed by atoms with Crippen molar-refractivity contribution in [3.8, 4) is 0 Å². The highest BCUT2D eigenvalue weighted by molar-refractivity contribution is 7.98. The van der Waals surface area contributed by atoms with E-state index < -0.39 is 0 Å². The molecule has 3 N–H and O–H groups in total. The lowest BCUT2D eigenvalue weighted by Crippen LogP contribution is -2.25. The van der Waals surface area contributed by atoms with Gasteiger partial charge in [-0.2, -0.15) is 11.8 Å². The summed E-state index contributed by atoms with van der Waals surface area (Å²) < 4.78 is 0. The van der Waals surface area contributed by atoms with Crippen molar-refractivity contribution in [2.24, 2.45) is 5.73 Å². The second-order valence-corrected chi connectivity index (χ2v) is 4.18. The van der Waals surface area contributed by atoms with Crippen molar-refractivity contribution < 1.29 is 0 Å². The van der Waals surface area contributed by atoms with Gasteiger partial charge in [0.15, 0.2) is 0 Å². The molecule has 1 rings (SSSR count). The molecule has 1 aromatic rings. The molecule has 0 aliphatic carbocycles. The number of nitrogen functional groups attached to an aromatic ring is 1. The number of pyridine rings is 1. The van der Waals surface area contributed by atoms with Crippen LogP contribution in [0.1, 0.15) is 5.69 Å². The molecule has 0 spiro atoms. The van der Waals surface area contributed by atoms with Crippen LogP contribution < -0.4 is 10.6 Å². The maximum atomic E-state index is 7.43. The topological polar surface area (TPSA) is 66.0 Å². The molecule has 0 saturated carbocycles. The maximum absolute atomic E-state index is 7.43. The summed E-state index contributed by atoms with van der Waals surface area (Å²) in [5.41, 5.74) is 6.94. The molecule has 1 aromatic heterocycles. The fourth-order valence-electron chi connectivity index (χ4n) is 1.26. The predicted molar refractivity (Wildman–Crippen MR) is 66.9 cm³/mol. The van der Waals surface area contributed by atoms with Crippen LogP contribution in [0.4, 0.5) is 5.69 Å². The summed E-state index contributed by atoms with van der Waals surface area (Å²) in [6.07, 6.45) is 3.73. The summed E-state index contributed by atoms with van der Waals surface area (Å²) in [5.74, 6) is 1.06. The van der Waals surface area contributed by atoms with Gasteiger partial charge < -0.3 is 10.6 Å². The maximum Gasteiger partial charge on any atom is 0.143 e. The zero-order valence-corrected chi connectivity index (χ0v) is 9.84. The highest BCUT2D eigenvalue weighted by Crippen LogP contribution is 2.16. The number of nitrogens with two attached hydrogens (primary N) is 1. The van der Waals surface area contributed by atoms with Gasteiger partial charge in [-0.05, 0) is 18.4 Å². The molecule has 4 nitrogen and oxygen atoms in total. The first-order valence-corrected chi connectivity index (χ1v) is 6.05. The van der Waals surface area contributed by atoms with Crippen LogP contribution in [-0.2, 0) is 0 Å². The Hall–Kier alpha value is -1.23. The van der Waals surface area contributed by atoms with E-state index in [4.69, 9.17) is 11.1 Å². The molecule has 0 radical (unpaired) electrons. The number of rotatable bonds is 5. The van der Waals surface area contributed by atoms with Crippen LogP contribution in [-0.4, -0.2) is 36.4 Å². The molecule has 0 aliphatic heterocycles. The Morgan fingerprint density at radius 3 is 3.00 bits per heavy atom. The molecule has 82 valence electrons. The number of nitrogens with one attached hydrogen (secondary N) is 1. The second kappa shape index (κ2) is 5.60. The van der Waals surface area contributed by atoms with Gasteiger partial charge in [0, 0.05) is 25.5 Å². The zero-order valence-electron chi connectivity index (χ0n) is 9.03. The molecular formula is C10H16N4S. The van der Waals surface area contributed by atoms with Gasteiger partial charge in [0.1, 0.15) is 11.5 Å². The average molecular weight is 224 g/mol. The molecule has 15 heavy (non-hydrogen) atoms. The van der Waals surface area contributed by atoms with E-state index in [1.807, 2.05) is 19.2 Å². The van der Waals surface area contributed by atoms with Crippen molar-refractivity contribution in [2.75, 3.05) is 30.5 Å². The number of thioether (sulfide) groups is 1. The first-order valence-electron chi connectivity index (χ1n) is 4.66. The largest absolute Gasteiger partial charge is 0.382 e. The van der Waals surface area contributed by atoms with Crippen LogP contribution >= 0.6 is 11.8 Å². The highest BCUT2D eigenvalue weighted by atomic mass is 32.2.